The van der Waals surface area contributed by atoms with Crippen LogP contribution >= 0.6 is 31.9 Å². The van der Waals surface area contributed by atoms with Crippen LogP contribution in [0.1, 0.15) is 5.56 Å². The third-order valence-corrected chi connectivity index (χ3v) is 5.94. The Labute approximate surface area is 188 Å². The summed E-state index contributed by atoms with van der Waals surface area (Å²) in [5, 5.41) is 20.1. The number of carboxylic acids is 2. The number of hydrogen-bond acceptors (Lipinski definition) is 5. The van der Waals surface area contributed by atoms with Crippen molar-refractivity contribution in [1.29, 1.82) is 0 Å². The minimum absolute atomic E-state index is 0.130. The van der Waals surface area contributed by atoms with Crippen LogP contribution in [0.25, 0.3) is 5.57 Å². The summed E-state index contributed by atoms with van der Waals surface area (Å²) in [5.41, 5.74) is -1.53. The van der Waals surface area contributed by atoms with Crippen molar-refractivity contribution in [2.75, 3.05) is 11.0 Å². The van der Waals surface area contributed by atoms with Gasteiger partial charge in [0.05, 0.1) is 11.6 Å². The van der Waals surface area contributed by atoms with Gasteiger partial charge in [0.25, 0.3) is 0 Å². The lowest BCUT2D eigenvalue weighted by Gasteiger charge is -2.25. The molecule has 0 aliphatic carbocycles. The third-order valence-electron chi connectivity index (χ3n) is 4.27. The zero-order chi connectivity index (χ0) is 22.3. The SMILES string of the molecule is CS(=O)(=O)Nc1cccc(C2(C(=O)O)N=c3c(Br)cc(Br)cc3=C2C=CC(=O)O)c1. The van der Waals surface area contributed by atoms with E-state index in [1.807, 2.05) is 0 Å². The Bertz CT molecular complexity index is 1340. The maximum absolute atomic E-state index is 12.6. The standard InChI is InChI=1S/C19H14Br2N2O6S/c1-30(28,29)23-12-4-2-3-10(7-12)19(18(26)27)14(5-6-16(24)25)13-8-11(20)9-15(21)17(13)22-19/h2-9,23H,1H3,(H,24,25)(H,26,27). The molecule has 0 fully saturated rings. The van der Waals surface area contributed by atoms with Gasteiger partial charge in [-0.05, 0) is 51.8 Å². The summed E-state index contributed by atoms with van der Waals surface area (Å²) in [4.78, 5) is 28.2. The molecule has 11 heteroatoms. The van der Waals surface area contributed by atoms with Gasteiger partial charge in [-0.2, -0.15) is 0 Å². The molecule has 1 aliphatic heterocycles. The second kappa shape index (κ2) is 7.97. The smallest absolute Gasteiger partial charge is 0.341 e. The summed E-state index contributed by atoms with van der Waals surface area (Å²) in [6.07, 6.45) is 3.01. The quantitative estimate of drug-likeness (QED) is 0.465. The highest BCUT2D eigenvalue weighted by Gasteiger charge is 2.46. The Morgan fingerprint density at radius 3 is 2.47 bits per heavy atom. The number of sulfonamides is 1. The number of anilines is 1. The predicted octanol–water partition coefficient (Wildman–Crippen LogP) is 1.99. The van der Waals surface area contributed by atoms with E-state index in [0.717, 1.165) is 12.3 Å². The highest BCUT2D eigenvalue weighted by molar-refractivity contribution is 9.11. The van der Waals surface area contributed by atoms with Gasteiger partial charge in [-0.25, -0.2) is 18.0 Å². The molecule has 0 bridgehead atoms. The number of hydrogen-bond donors (Lipinski definition) is 3. The van der Waals surface area contributed by atoms with E-state index in [0.29, 0.717) is 19.5 Å². The fourth-order valence-corrected chi connectivity index (χ4v) is 5.07. The molecule has 3 rings (SSSR count). The molecular formula is C19H14Br2N2O6S. The summed E-state index contributed by atoms with van der Waals surface area (Å²) in [7, 11) is -3.60. The summed E-state index contributed by atoms with van der Waals surface area (Å²) < 4.78 is 26.7. The molecule has 1 atom stereocenters. The van der Waals surface area contributed by atoms with Crippen LogP contribution in [0.4, 0.5) is 5.69 Å². The minimum Gasteiger partial charge on any atom is -0.479 e. The van der Waals surface area contributed by atoms with Crippen molar-refractivity contribution in [2.45, 2.75) is 5.54 Å². The van der Waals surface area contributed by atoms with Crippen LogP contribution in [0, 0.1) is 0 Å². The second-order valence-electron chi connectivity index (χ2n) is 6.45. The summed E-state index contributed by atoms with van der Waals surface area (Å²) in [6.45, 7) is 0. The number of aliphatic carboxylic acids is 2. The van der Waals surface area contributed by atoms with Crippen molar-refractivity contribution < 1.29 is 28.2 Å². The largest absolute Gasteiger partial charge is 0.479 e. The zero-order valence-electron chi connectivity index (χ0n) is 15.3. The molecule has 0 aromatic heterocycles. The van der Waals surface area contributed by atoms with Crippen LogP contribution < -0.4 is 15.3 Å². The lowest BCUT2D eigenvalue weighted by Crippen LogP contribution is -2.34. The molecule has 2 aromatic carbocycles. The number of benzene rings is 2. The summed E-state index contributed by atoms with van der Waals surface area (Å²) in [6, 6.07) is 9.17. The topological polar surface area (TPSA) is 133 Å². The molecule has 30 heavy (non-hydrogen) atoms. The number of rotatable bonds is 6. The van der Waals surface area contributed by atoms with Gasteiger partial charge in [0.15, 0.2) is 0 Å². The van der Waals surface area contributed by atoms with Crippen molar-refractivity contribution in [2.24, 2.45) is 4.99 Å². The Morgan fingerprint density at radius 1 is 1.17 bits per heavy atom. The van der Waals surface area contributed by atoms with E-state index in [-0.39, 0.29) is 16.8 Å². The van der Waals surface area contributed by atoms with E-state index in [1.54, 1.807) is 12.1 Å². The van der Waals surface area contributed by atoms with Gasteiger partial charge in [-0.3, -0.25) is 9.71 Å². The number of carboxylic acid groups (broad SMARTS) is 2. The number of halogens is 2. The highest BCUT2D eigenvalue weighted by atomic mass is 79.9. The molecule has 0 saturated carbocycles. The van der Waals surface area contributed by atoms with Crippen LogP contribution in [-0.4, -0.2) is 36.8 Å². The Kier molecular flexibility index (Phi) is 5.89. The average Bonchev–Trinajstić information content (AvgIpc) is 2.94. The Hall–Kier alpha value is -2.50. The zero-order valence-corrected chi connectivity index (χ0v) is 19.2. The van der Waals surface area contributed by atoms with E-state index in [9.17, 15) is 23.1 Å². The van der Waals surface area contributed by atoms with Gasteiger partial charge in [0.1, 0.15) is 0 Å². The monoisotopic (exact) mass is 556 g/mol. The molecule has 0 radical (unpaired) electrons. The Balaban J connectivity index is 2.40. The normalized spacial score (nSPS) is 18.2. The number of nitrogens with zero attached hydrogens (tertiary/aromatic N) is 1. The fraction of sp³-hybridized carbons (Fsp3) is 0.105. The highest BCUT2D eigenvalue weighted by Crippen LogP contribution is 2.38. The number of fused-ring (bicyclic) bond motifs is 1. The van der Waals surface area contributed by atoms with Gasteiger partial charge >= 0.3 is 11.9 Å². The molecule has 156 valence electrons. The van der Waals surface area contributed by atoms with E-state index in [2.05, 4.69) is 41.6 Å². The molecule has 3 N–H and O–H groups in total. The van der Waals surface area contributed by atoms with Crippen molar-refractivity contribution in [3.63, 3.8) is 0 Å². The first-order valence-corrected chi connectivity index (χ1v) is 11.7. The van der Waals surface area contributed by atoms with Crippen LogP contribution in [0.2, 0.25) is 0 Å². The molecule has 1 heterocycles. The molecule has 0 amide bonds. The van der Waals surface area contributed by atoms with Crippen molar-refractivity contribution >= 4 is 65.1 Å². The minimum atomic E-state index is -3.60. The van der Waals surface area contributed by atoms with Gasteiger partial charge < -0.3 is 10.2 Å². The number of nitrogens with one attached hydrogen (secondary N) is 1. The maximum Gasteiger partial charge on any atom is 0.341 e. The third kappa shape index (κ3) is 4.18. The van der Waals surface area contributed by atoms with Crippen LogP contribution in [-0.2, 0) is 25.2 Å². The molecular weight excluding hydrogens is 544 g/mol. The number of carbonyl (C=O) groups is 2. The van der Waals surface area contributed by atoms with E-state index in [4.69, 9.17) is 5.11 Å². The van der Waals surface area contributed by atoms with E-state index >= 15 is 0 Å². The average molecular weight is 558 g/mol. The van der Waals surface area contributed by atoms with Crippen molar-refractivity contribution in [1.82, 2.24) is 0 Å². The first-order chi connectivity index (χ1) is 13.9. The lowest BCUT2D eigenvalue weighted by atomic mass is 9.83. The first kappa shape index (κ1) is 22.2. The van der Waals surface area contributed by atoms with Gasteiger partial charge in [-0.15, -0.1) is 0 Å². The Morgan fingerprint density at radius 2 is 1.87 bits per heavy atom. The molecule has 2 aromatic rings. The molecule has 1 unspecified atom stereocenters. The van der Waals surface area contributed by atoms with Gasteiger partial charge in [0, 0.05) is 31.5 Å². The second-order valence-corrected chi connectivity index (χ2v) is 9.97. The maximum atomic E-state index is 12.6. The van der Waals surface area contributed by atoms with Gasteiger partial charge in [0.2, 0.25) is 15.6 Å². The molecule has 8 nitrogen and oxygen atoms in total. The van der Waals surface area contributed by atoms with Crippen LogP contribution in [0.3, 0.4) is 0 Å². The van der Waals surface area contributed by atoms with Crippen LogP contribution in [0.15, 0.2) is 62.5 Å². The molecule has 0 saturated heterocycles. The first-order valence-electron chi connectivity index (χ1n) is 8.26. The molecule has 1 aliphatic rings. The van der Waals surface area contributed by atoms with E-state index < -0.39 is 27.5 Å². The molecule has 0 spiro atoms. The van der Waals surface area contributed by atoms with E-state index in [1.165, 1.54) is 30.3 Å². The van der Waals surface area contributed by atoms with Crippen LogP contribution in [0.5, 0.6) is 0 Å². The fourth-order valence-electron chi connectivity index (χ4n) is 3.20. The van der Waals surface area contributed by atoms with Crippen molar-refractivity contribution in [3.05, 3.63) is 73.6 Å². The predicted molar refractivity (Wildman–Crippen MR) is 117 cm³/mol. The van der Waals surface area contributed by atoms with Gasteiger partial charge in [-0.1, -0.05) is 28.1 Å². The lowest BCUT2D eigenvalue weighted by molar-refractivity contribution is -0.141. The van der Waals surface area contributed by atoms with Crippen molar-refractivity contribution in [3.8, 4) is 0 Å². The summed E-state index contributed by atoms with van der Waals surface area (Å²) in [5.74, 6) is -2.60. The summed E-state index contributed by atoms with van der Waals surface area (Å²) >= 11 is 6.72.